The Morgan fingerprint density at radius 3 is 1.09 bits per heavy atom. The Bertz CT molecular complexity index is 365. The molecule has 214 valence electrons. The molecule has 0 spiro atoms. The van der Waals surface area contributed by atoms with Gasteiger partial charge in [-0.15, -0.1) is 0 Å². The Morgan fingerprint density at radius 2 is 0.743 bits per heavy atom. The van der Waals surface area contributed by atoms with Crippen LogP contribution in [0, 0.1) is 0 Å². The second-order valence-electron chi connectivity index (χ2n) is 7.09. The van der Waals surface area contributed by atoms with E-state index in [0.717, 1.165) is 23.0 Å². The fourth-order valence-electron chi connectivity index (χ4n) is 2.07. The summed E-state index contributed by atoms with van der Waals surface area (Å²) in [6.45, 7) is 0.428. The lowest BCUT2D eigenvalue weighted by atomic mass is 10.2. The van der Waals surface area contributed by atoms with E-state index in [0.29, 0.717) is 24.7 Å². The third-order valence-electron chi connectivity index (χ3n) is 3.78. The lowest BCUT2D eigenvalue weighted by Gasteiger charge is -2.05. The first-order valence-electron chi connectivity index (χ1n) is 11.9. The summed E-state index contributed by atoms with van der Waals surface area (Å²) in [5.41, 5.74) is 0. The topological polar surface area (TPSA) is 121 Å². The molecule has 0 aromatic heterocycles. The van der Waals surface area contributed by atoms with Crippen LogP contribution in [0.4, 0.5) is 0 Å². The number of hydrogen-bond acceptors (Lipinski definition) is 14. The summed E-state index contributed by atoms with van der Waals surface area (Å²) >= 11 is 0. The van der Waals surface area contributed by atoms with Crippen molar-refractivity contribution in [2.75, 3.05) is 65.8 Å². The molecule has 1 unspecified atom stereocenters. The van der Waals surface area contributed by atoms with Crippen molar-refractivity contribution in [1.82, 2.24) is 0 Å². The summed E-state index contributed by atoms with van der Waals surface area (Å²) in [4.78, 5) is 0. The van der Waals surface area contributed by atoms with Crippen molar-refractivity contribution in [2.24, 2.45) is 0 Å². The summed E-state index contributed by atoms with van der Waals surface area (Å²) in [5, 5.41) is 52.2. The molecule has 0 aliphatic heterocycles. The molecule has 0 aromatic rings. The summed E-state index contributed by atoms with van der Waals surface area (Å²) in [6.07, 6.45) is 8.19. The SMILES string of the molecule is OCC(O)CSSCCCCCCSSCC(O)O.OCCSSCCCCCCSSCCO. The van der Waals surface area contributed by atoms with E-state index in [-0.39, 0.29) is 6.61 Å². The predicted molar refractivity (Wildman–Crippen MR) is 172 cm³/mol. The zero-order chi connectivity index (χ0) is 26.2. The number of unbranched alkanes of at least 4 members (excludes halogenated alkanes) is 6. The van der Waals surface area contributed by atoms with Crippen molar-refractivity contribution in [3.63, 3.8) is 0 Å². The molecule has 35 heavy (non-hydrogen) atoms. The first-order valence-corrected chi connectivity index (χ1v) is 21.9. The molecule has 1 atom stereocenters. The molecule has 6 N–H and O–H groups in total. The fraction of sp³-hybridized carbons (Fsp3) is 1.00. The highest BCUT2D eigenvalue weighted by Crippen LogP contribution is 2.26. The van der Waals surface area contributed by atoms with Gasteiger partial charge in [-0.05, 0) is 25.7 Å². The van der Waals surface area contributed by atoms with Gasteiger partial charge in [0.25, 0.3) is 0 Å². The number of rotatable bonds is 27. The van der Waals surface area contributed by atoms with E-state index in [9.17, 15) is 0 Å². The van der Waals surface area contributed by atoms with E-state index in [1.807, 2.05) is 21.6 Å². The second kappa shape index (κ2) is 36.6. The van der Waals surface area contributed by atoms with Crippen LogP contribution in [0.5, 0.6) is 0 Å². The van der Waals surface area contributed by atoms with E-state index in [1.165, 1.54) is 73.7 Å². The molecule has 0 aliphatic carbocycles. The van der Waals surface area contributed by atoms with Crippen molar-refractivity contribution in [2.45, 2.75) is 63.8 Å². The molecule has 0 aromatic carbocycles. The maximum atomic E-state index is 9.12. The number of hydrogen-bond donors (Lipinski definition) is 6. The van der Waals surface area contributed by atoms with Crippen LogP contribution in [0.3, 0.4) is 0 Å². The Hall–Kier alpha value is 2.56. The highest BCUT2D eigenvalue weighted by molar-refractivity contribution is 8.77. The monoisotopic (exact) mass is 650 g/mol. The fourth-order valence-corrected chi connectivity index (χ4v) is 10.2. The largest absolute Gasteiger partial charge is 0.395 e. The standard InChI is InChI=1S/C11H24O4S4.C10H22O2S4/c12-7-10(13)8-18-16-5-3-1-2-4-6-17-19-9-11(14)15;11-5-9-15-13-7-3-1-2-4-8-14-16-10-6-12/h10-15H,1-9H2;11-12H,1-10H2. The van der Waals surface area contributed by atoms with E-state index in [1.54, 1.807) is 54.0 Å². The lowest BCUT2D eigenvalue weighted by molar-refractivity contribution is -0.0184. The van der Waals surface area contributed by atoms with E-state index in [2.05, 4.69) is 0 Å². The molecular formula is C21H46O6S8. The van der Waals surface area contributed by atoms with Gasteiger partial charge in [-0.3, -0.25) is 0 Å². The third-order valence-corrected chi connectivity index (χ3v) is 13.7. The van der Waals surface area contributed by atoms with Crippen LogP contribution in [0.25, 0.3) is 0 Å². The van der Waals surface area contributed by atoms with Gasteiger partial charge < -0.3 is 30.6 Å². The molecule has 14 heteroatoms. The minimum absolute atomic E-state index is 0.156. The Balaban J connectivity index is 0. The molecular weight excluding hydrogens is 605 g/mol. The average molecular weight is 651 g/mol. The Morgan fingerprint density at radius 1 is 0.400 bits per heavy atom. The molecule has 0 saturated carbocycles. The van der Waals surface area contributed by atoms with Crippen molar-refractivity contribution in [3.05, 3.63) is 0 Å². The van der Waals surface area contributed by atoms with Crippen LogP contribution < -0.4 is 0 Å². The average Bonchev–Trinajstić information content (AvgIpc) is 2.85. The van der Waals surface area contributed by atoms with Crippen LogP contribution in [-0.4, -0.2) is 109 Å². The zero-order valence-corrected chi connectivity index (χ0v) is 27.1. The molecule has 0 amide bonds. The lowest BCUT2D eigenvalue weighted by Crippen LogP contribution is -2.13. The van der Waals surface area contributed by atoms with Gasteiger partial charge in [-0.1, -0.05) is 112 Å². The van der Waals surface area contributed by atoms with Crippen molar-refractivity contribution in [3.8, 4) is 0 Å². The first-order chi connectivity index (χ1) is 17.1. The van der Waals surface area contributed by atoms with Crippen LogP contribution in [0.2, 0.25) is 0 Å². The molecule has 0 aliphatic rings. The van der Waals surface area contributed by atoms with Gasteiger partial charge in [0.15, 0.2) is 6.29 Å². The van der Waals surface area contributed by atoms with Crippen LogP contribution in [0.1, 0.15) is 51.4 Å². The second-order valence-corrected chi connectivity index (χ2v) is 17.8. The zero-order valence-electron chi connectivity index (χ0n) is 20.5. The van der Waals surface area contributed by atoms with Gasteiger partial charge in [-0.2, -0.15) is 0 Å². The maximum absolute atomic E-state index is 9.12. The highest BCUT2D eigenvalue weighted by Gasteiger charge is 2.02. The van der Waals surface area contributed by atoms with E-state index in [4.69, 9.17) is 30.6 Å². The third kappa shape index (κ3) is 41.2. The van der Waals surface area contributed by atoms with Crippen molar-refractivity contribution >= 4 is 86.4 Å². The van der Waals surface area contributed by atoms with Crippen molar-refractivity contribution < 1.29 is 30.6 Å². The molecule has 0 radical (unpaired) electrons. The molecule has 6 nitrogen and oxygen atoms in total. The van der Waals surface area contributed by atoms with Gasteiger partial charge >= 0.3 is 0 Å². The van der Waals surface area contributed by atoms with Gasteiger partial charge in [0.05, 0.1) is 31.7 Å². The minimum Gasteiger partial charge on any atom is -0.395 e. The van der Waals surface area contributed by atoms with Gasteiger partial charge in [0, 0.05) is 40.3 Å². The van der Waals surface area contributed by atoms with Gasteiger partial charge in [-0.25, -0.2) is 0 Å². The molecule has 0 saturated heterocycles. The normalized spacial score (nSPS) is 12.1. The summed E-state index contributed by atoms with van der Waals surface area (Å²) in [7, 11) is 13.8. The quantitative estimate of drug-likeness (QED) is 0.0393. The van der Waals surface area contributed by atoms with Crippen LogP contribution >= 0.6 is 86.4 Å². The van der Waals surface area contributed by atoms with E-state index < -0.39 is 12.4 Å². The summed E-state index contributed by atoms with van der Waals surface area (Å²) in [5.74, 6) is 7.22. The Labute approximate surface area is 244 Å². The summed E-state index contributed by atoms with van der Waals surface area (Å²) < 4.78 is 0. The molecule has 0 bridgehead atoms. The number of aliphatic hydroxyl groups is 6. The van der Waals surface area contributed by atoms with Crippen LogP contribution in [-0.2, 0) is 0 Å². The van der Waals surface area contributed by atoms with Crippen molar-refractivity contribution in [1.29, 1.82) is 0 Å². The predicted octanol–water partition coefficient (Wildman–Crippen LogP) is 5.27. The minimum atomic E-state index is -1.20. The molecule has 0 heterocycles. The van der Waals surface area contributed by atoms with E-state index >= 15 is 0 Å². The maximum Gasteiger partial charge on any atom is 0.161 e. The number of aliphatic hydroxyl groups excluding tert-OH is 5. The molecule has 0 rings (SSSR count). The smallest absolute Gasteiger partial charge is 0.161 e. The highest BCUT2D eigenvalue weighted by atomic mass is 33.1. The van der Waals surface area contributed by atoms with Gasteiger partial charge in [0.1, 0.15) is 0 Å². The van der Waals surface area contributed by atoms with Crippen LogP contribution in [0.15, 0.2) is 0 Å². The van der Waals surface area contributed by atoms with Gasteiger partial charge in [0.2, 0.25) is 0 Å². The molecule has 0 fully saturated rings. The summed E-state index contributed by atoms with van der Waals surface area (Å²) in [6, 6.07) is 0. The Kier molecular flexibility index (Phi) is 41.5. The first kappa shape index (κ1) is 39.7.